The number of nitrogens with zero attached hydrogens (tertiary/aromatic N) is 1. The topological polar surface area (TPSA) is 46.3 Å². The Morgan fingerprint density at radius 2 is 2.46 bits per heavy atom. The highest BCUT2D eigenvalue weighted by Crippen LogP contribution is 2.17. The molecule has 0 bridgehead atoms. The van der Waals surface area contributed by atoms with Crippen molar-refractivity contribution in [3.8, 4) is 11.5 Å². The molecule has 1 aromatic carbocycles. The van der Waals surface area contributed by atoms with Crippen molar-refractivity contribution in [2.24, 2.45) is 0 Å². The maximum absolute atomic E-state index is 8.88. The van der Waals surface area contributed by atoms with Crippen LogP contribution in [-0.4, -0.2) is 10.1 Å². The molecule has 13 heavy (non-hydrogen) atoms. The maximum Gasteiger partial charge on any atom is 0.225 e. The van der Waals surface area contributed by atoms with Gasteiger partial charge in [0.25, 0.3) is 0 Å². The molecular formula is C10H8NO2. The Hall–Kier alpha value is -1.61. The van der Waals surface area contributed by atoms with Gasteiger partial charge in [0.15, 0.2) is 0 Å². The van der Waals surface area contributed by atoms with E-state index in [9.17, 15) is 0 Å². The first-order valence-corrected chi connectivity index (χ1v) is 3.91. The van der Waals surface area contributed by atoms with Crippen LogP contribution in [0.1, 0.15) is 5.56 Å². The van der Waals surface area contributed by atoms with Gasteiger partial charge in [-0.2, -0.15) is 0 Å². The highest BCUT2D eigenvalue weighted by atomic mass is 16.3. The molecule has 0 saturated heterocycles. The van der Waals surface area contributed by atoms with Gasteiger partial charge in [-0.05, 0) is 23.8 Å². The van der Waals surface area contributed by atoms with E-state index in [0.717, 1.165) is 11.1 Å². The summed E-state index contributed by atoms with van der Waals surface area (Å²) in [7, 11) is 0. The summed E-state index contributed by atoms with van der Waals surface area (Å²) < 4.78 is 5.11. The average molecular weight is 174 g/mol. The summed E-state index contributed by atoms with van der Waals surface area (Å²) in [5, 5.41) is 8.88. The van der Waals surface area contributed by atoms with Crippen molar-refractivity contribution in [3.63, 3.8) is 0 Å². The molecule has 65 valence electrons. The molecule has 0 atom stereocenters. The monoisotopic (exact) mass is 174 g/mol. The normalized spacial score (nSPS) is 10.2. The van der Waals surface area contributed by atoms with Gasteiger partial charge in [0, 0.05) is 5.56 Å². The Labute approximate surface area is 75.7 Å². The third-order valence-electron chi connectivity index (χ3n) is 1.71. The van der Waals surface area contributed by atoms with Gasteiger partial charge < -0.3 is 9.52 Å². The number of hydrogen-bond donors (Lipinski definition) is 1. The molecule has 3 nitrogen and oxygen atoms in total. The van der Waals surface area contributed by atoms with Crippen LogP contribution in [0.15, 0.2) is 35.1 Å². The highest BCUT2D eigenvalue weighted by molar-refractivity contribution is 5.53. The second-order valence-electron chi connectivity index (χ2n) is 2.60. The van der Waals surface area contributed by atoms with Gasteiger partial charge in [0.2, 0.25) is 5.89 Å². The molecule has 0 aliphatic rings. The summed E-state index contributed by atoms with van der Waals surface area (Å²) in [4.78, 5) is 4.00. The zero-order chi connectivity index (χ0) is 9.10. The molecular weight excluding hydrogens is 166 g/mol. The van der Waals surface area contributed by atoms with Crippen molar-refractivity contribution in [1.82, 2.24) is 4.98 Å². The van der Waals surface area contributed by atoms with Crippen LogP contribution in [0.4, 0.5) is 0 Å². The molecule has 0 unspecified atom stereocenters. The van der Waals surface area contributed by atoms with E-state index in [0.29, 0.717) is 5.89 Å². The Balaban J connectivity index is 2.41. The second kappa shape index (κ2) is 3.41. The molecule has 2 rings (SSSR count). The molecule has 1 heterocycles. The van der Waals surface area contributed by atoms with E-state index in [2.05, 4.69) is 11.1 Å². The Bertz CT molecular complexity index is 382. The summed E-state index contributed by atoms with van der Waals surface area (Å²) >= 11 is 0. The summed E-state index contributed by atoms with van der Waals surface area (Å²) in [6.45, 7) is -0.0193. The van der Waals surface area contributed by atoms with Crippen LogP contribution in [0.5, 0.6) is 0 Å². The molecule has 1 aromatic heterocycles. The standard InChI is InChI=1S/C10H8NO2/c12-7-8-2-1-3-9(6-8)10-11-4-5-13-10/h1,3-6,12H,7H2. The van der Waals surface area contributed by atoms with E-state index < -0.39 is 0 Å². The minimum absolute atomic E-state index is 0.0193. The summed E-state index contributed by atoms with van der Waals surface area (Å²) in [6, 6.07) is 8.28. The lowest BCUT2D eigenvalue weighted by atomic mass is 10.1. The fraction of sp³-hybridized carbons (Fsp3) is 0.100. The lowest BCUT2D eigenvalue weighted by Gasteiger charge is -1.97. The Morgan fingerprint density at radius 3 is 3.15 bits per heavy atom. The number of benzene rings is 1. The van der Waals surface area contributed by atoms with Crippen molar-refractivity contribution in [2.45, 2.75) is 6.61 Å². The highest BCUT2D eigenvalue weighted by Gasteiger charge is 2.01. The van der Waals surface area contributed by atoms with Crippen LogP contribution in [0.3, 0.4) is 0 Å². The van der Waals surface area contributed by atoms with Crippen molar-refractivity contribution in [2.75, 3.05) is 0 Å². The van der Waals surface area contributed by atoms with Gasteiger partial charge in [0.1, 0.15) is 6.26 Å². The fourth-order valence-electron chi connectivity index (χ4n) is 1.11. The number of hydrogen-bond acceptors (Lipinski definition) is 3. The van der Waals surface area contributed by atoms with Gasteiger partial charge in [-0.3, -0.25) is 0 Å². The molecule has 1 radical (unpaired) electrons. The maximum atomic E-state index is 8.88. The molecule has 0 spiro atoms. The molecule has 0 amide bonds. The van der Waals surface area contributed by atoms with Gasteiger partial charge in [-0.15, -0.1) is 0 Å². The number of aliphatic hydroxyl groups excluding tert-OH is 1. The van der Waals surface area contributed by atoms with Crippen molar-refractivity contribution in [1.29, 1.82) is 0 Å². The quantitative estimate of drug-likeness (QED) is 0.752. The predicted molar refractivity (Wildman–Crippen MR) is 46.7 cm³/mol. The summed E-state index contributed by atoms with van der Waals surface area (Å²) in [5.41, 5.74) is 1.59. The number of oxazole rings is 1. The molecule has 2 aromatic rings. The van der Waals surface area contributed by atoms with Gasteiger partial charge in [0.05, 0.1) is 12.8 Å². The SMILES string of the molecule is OCc1[c]ccc(-c2ncco2)c1. The van der Waals surface area contributed by atoms with E-state index in [4.69, 9.17) is 9.52 Å². The molecule has 0 aliphatic heterocycles. The first-order valence-electron chi connectivity index (χ1n) is 3.91. The van der Waals surface area contributed by atoms with Gasteiger partial charge in [-0.25, -0.2) is 4.98 Å². The van der Waals surface area contributed by atoms with Crippen molar-refractivity contribution in [3.05, 3.63) is 42.3 Å². The predicted octanol–water partition coefficient (Wildman–Crippen LogP) is 1.63. The second-order valence-corrected chi connectivity index (χ2v) is 2.60. The van der Waals surface area contributed by atoms with Crippen LogP contribution in [0.2, 0.25) is 0 Å². The molecule has 0 aliphatic carbocycles. The zero-order valence-corrected chi connectivity index (χ0v) is 6.90. The third kappa shape index (κ3) is 1.60. The molecule has 0 saturated carbocycles. The van der Waals surface area contributed by atoms with E-state index in [-0.39, 0.29) is 6.61 Å². The smallest absolute Gasteiger partial charge is 0.225 e. The summed E-state index contributed by atoms with van der Waals surface area (Å²) in [6.07, 6.45) is 3.11. The molecule has 3 heteroatoms. The van der Waals surface area contributed by atoms with Crippen LogP contribution in [0, 0.1) is 6.07 Å². The lowest BCUT2D eigenvalue weighted by Crippen LogP contribution is -1.84. The van der Waals surface area contributed by atoms with Crippen molar-refractivity contribution >= 4 is 0 Å². The van der Waals surface area contributed by atoms with Crippen LogP contribution < -0.4 is 0 Å². The van der Waals surface area contributed by atoms with Crippen LogP contribution >= 0.6 is 0 Å². The number of aliphatic hydroxyl groups is 1. The van der Waals surface area contributed by atoms with Crippen LogP contribution in [-0.2, 0) is 6.61 Å². The Morgan fingerprint density at radius 1 is 1.54 bits per heavy atom. The minimum atomic E-state index is -0.0193. The largest absolute Gasteiger partial charge is 0.445 e. The minimum Gasteiger partial charge on any atom is -0.445 e. The van der Waals surface area contributed by atoms with E-state index >= 15 is 0 Å². The van der Waals surface area contributed by atoms with Gasteiger partial charge >= 0.3 is 0 Å². The van der Waals surface area contributed by atoms with E-state index in [1.165, 1.54) is 6.26 Å². The zero-order valence-electron chi connectivity index (χ0n) is 6.90. The van der Waals surface area contributed by atoms with E-state index in [1.54, 1.807) is 18.3 Å². The van der Waals surface area contributed by atoms with E-state index in [1.807, 2.05) is 6.07 Å². The third-order valence-corrected chi connectivity index (χ3v) is 1.71. The molecule has 1 N–H and O–H groups in total. The fourth-order valence-corrected chi connectivity index (χ4v) is 1.11. The van der Waals surface area contributed by atoms with Crippen molar-refractivity contribution < 1.29 is 9.52 Å². The number of rotatable bonds is 2. The first kappa shape index (κ1) is 8.01. The summed E-state index contributed by atoms with van der Waals surface area (Å²) in [5.74, 6) is 0.559. The van der Waals surface area contributed by atoms with Gasteiger partial charge in [-0.1, -0.05) is 6.07 Å². The Kier molecular flexibility index (Phi) is 2.10. The van der Waals surface area contributed by atoms with Crippen LogP contribution in [0.25, 0.3) is 11.5 Å². The first-order chi connectivity index (χ1) is 6.40. The average Bonchev–Trinajstić information content (AvgIpc) is 2.71. The molecule has 0 fully saturated rings. The number of aromatic nitrogens is 1. The lowest BCUT2D eigenvalue weighted by molar-refractivity contribution is 0.281.